The maximum atomic E-state index is 11.4. The Bertz CT molecular complexity index is 371. The number of carbonyl (C=O) groups is 3. The van der Waals surface area contributed by atoms with Crippen LogP contribution in [0.25, 0.3) is 0 Å². The van der Waals surface area contributed by atoms with Gasteiger partial charge in [-0.05, 0) is 13.0 Å². The molecule has 16 heavy (non-hydrogen) atoms. The summed E-state index contributed by atoms with van der Waals surface area (Å²) >= 11 is 0. The van der Waals surface area contributed by atoms with Crippen LogP contribution in [0.5, 0.6) is 0 Å². The number of imide groups is 1. The molecule has 6 nitrogen and oxygen atoms in total. The third-order valence-corrected chi connectivity index (χ3v) is 1.84. The SMILES string of the molecule is CCOC(=O)CNC(=O)[N+]1=CC=CCC1=O. The number of nitrogens with one attached hydrogen (secondary N) is 1. The number of urea groups is 1. The number of hydrogen-bond donors (Lipinski definition) is 1. The molecule has 0 spiro atoms. The van der Waals surface area contributed by atoms with Crippen molar-refractivity contribution in [3.63, 3.8) is 0 Å². The number of ether oxygens (including phenoxy) is 1. The Hall–Kier alpha value is -1.98. The largest absolute Gasteiger partial charge is 0.499 e. The van der Waals surface area contributed by atoms with Crippen molar-refractivity contribution < 1.29 is 23.7 Å². The molecule has 0 radical (unpaired) electrons. The van der Waals surface area contributed by atoms with Gasteiger partial charge in [0.15, 0.2) is 6.54 Å². The zero-order valence-corrected chi connectivity index (χ0v) is 8.93. The van der Waals surface area contributed by atoms with E-state index in [-0.39, 0.29) is 25.5 Å². The zero-order valence-electron chi connectivity index (χ0n) is 8.93. The minimum Gasteiger partial charge on any atom is -0.463 e. The third-order valence-electron chi connectivity index (χ3n) is 1.84. The van der Waals surface area contributed by atoms with Crippen LogP contribution in [0.1, 0.15) is 13.3 Å². The molecule has 0 atom stereocenters. The van der Waals surface area contributed by atoms with Crippen LogP contribution in [-0.2, 0) is 14.3 Å². The summed E-state index contributed by atoms with van der Waals surface area (Å²) in [7, 11) is 0. The molecule has 0 saturated carbocycles. The van der Waals surface area contributed by atoms with Crippen LogP contribution in [0.2, 0.25) is 0 Å². The van der Waals surface area contributed by atoms with Crippen molar-refractivity contribution in [1.29, 1.82) is 0 Å². The van der Waals surface area contributed by atoms with Crippen molar-refractivity contribution in [1.82, 2.24) is 5.32 Å². The van der Waals surface area contributed by atoms with Gasteiger partial charge in [-0.1, -0.05) is 6.08 Å². The molecule has 0 bridgehead atoms. The molecule has 1 aliphatic rings. The normalized spacial score (nSPS) is 14.3. The Morgan fingerprint density at radius 1 is 1.56 bits per heavy atom. The summed E-state index contributed by atoms with van der Waals surface area (Å²) in [5.74, 6) is -0.861. The van der Waals surface area contributed by atoms with E-state index in [0.717, 1.165) is 4.58 Å². The monoisotopic (exact) mass is 225 g/mol. The molecule has 6 heteroatoms. The van der Waals surface area contributed by atoms with Gasteiger partial charge in [-0.15, -0.1) is 4.58 Å². The summed E-state index contributed by atoms with van der Waals surface area (Å²) in [6.45, 7) is 1.69. The topological polar surface area (TPSA) is 75.5 Å². The minimum absolute atomic E-state index is 0.184. The van der Waals surface area contributed by atoms with Crippen molar-refractivity contribution in [2.75, 3.05) is 13.2 Å². The van der Waals surface area contributed by atoms with E-state index in [0.29, 0.717) is 0 Å². The first-order valence-corrected chi connectivity index (χ1v) is 4.90. The van der Waals surface area contributed by atoms with Gasteiger partial charge in [0.1, 0.15) is 6.21 Å². The highest BCUT2D eigenvalue weighted by molar-refractivity contribution is 5.91. The number of nitrogens with zero attached hydrogens (tertiary/aromatic N) is 1. The van der Waals surface area contributed by atoms with Crippen LogP contribution in [0.4, 0.5) is 4.79 Å². The summed E-state index contributed by atoms with van der Waals surface area (Å²) in [5, 5.41) is 2.29. The summed E-state index contributed by atoms with van der Waals surface area (Å²) in [6.07, 6.45) is 4.79. The summed E-state index contributed by atoms with van der Waals surface area (Å²) in [6, 6.07) is -0.623. The quantitative estimate of drug-likeness (QED) is 0.534. The van der Waals surface area contributed by atoms with Crippen LogP contribution in [0, 0.1) is 0 Å². The van der Waals surface area contributed by atoms with E-state index in [9.17, 15) is 14.4 Å². The summed E-state index contributed by atoms with van der Waals surface area (Å²) in [5.41, 5.74) is 0. The first-order valence-electron chi connectivity index (χ1n) is 4.90. The second-order valence-electron chi connectivity index (χ2n) is 3.01. The van der Waals surface area contributed by atoms with E-state index in [4.69, 9.17) is 0 Å². The highest BCUT2D eigenvalue weighted by atomic mass is 16.5. The van der Waals surface area contributed by atoms with E-state index in [1.807, 2.05) is 0 Å². The van der Waals surface area contributed by atoms with Gasteiger partial charge in [-0.2, -0.15) is 4.79 Å². The fourth-order valence-corrected chi connectivity index (χ4v) is 1.12. The average molecular weight is 225 g/mol. The van der Waals surface area contributed by atoms with Gasteiger partial charge >= 0.3 is 17.9 Å². The first kappa shape index (κ1) is 12.1. The number of hydrogen-bond acceptors (Lipinski definition) is 4. The molecule has 1 heterocycles. The number of esters is 1. The maximum Gasteiger partial charge on any atom is 0.499 e. The Morgan fingerprint density at radius 3 is 2.94 bits per heavy atom. The Labute approximate surface area is 92.6 Å². The number of rotatable bonds is 3. The highest BCUT2D eigenvalue weighted by Gasteiger charge is 2.24. The molecule has 0 aromatic rings. The molecule has 3 amide bonds. The fourth-order valence-electron chi connectivity index (χ4n) is 1.12. The molecular formula is C10H13N2O4+. The molecule has 0 unspecified atom stereocenters. The van der Waals surface area contributed by atoms with Gasteiger partial charge in [-0.25, -0.2) is 14.9 Å². The molecule has 0 fully saturated rings. The van der Waals surface area contributed by atoms with Gasteiger partial charge in [0, 0.05) is 0 Å². The van der Waals surface area contributed by atoms with Gasteiger partial charge in [0.25, 0.3) is 0 Å². The van der Waals surface area contributed by atoms with Crippen LogP contribution >= 0.6 is 0 Å². The van der Waals surface area contributed by atoms with Crippen molar-refractivity contribution in [3.05, 3.63) is 12.2 Å². The molecule has 0 saturated heterocycles. The van der Waals surface area contributed by atoms with Crippen LogP contribution < -0.4 is 5.32 Å². The van der Waals surface area contributed by atoms with Crippen LogP contribution in [0.3, 0.4) is 0 Å². The minimum atomic E-state index is -0.623. The molecule has 86 valence electrons. The lowest BCUT2D eigenvalue weighted by Crippen LogP contribution is -2.40. The molecule has 1 aliphatic heterocycles. The molecule has 0 aromatic carbocycles. The van der Waals surface area contributed by atoms with Gasteiger partial charge in [-0.3, -0.25) is 0 Å². The number of amides is 3. The smallest absolute Gasteiger partial charge is 0.463 e. The molecule has 1 rings (SSSR count). The first-order chi connectivity index (χ1) is 7.65. The molecule has 1 N–H and O–H groups in total. The van der Waals surface area contributed by atoms with Crippen molar-refractivity contribution in [3.8, 4) is 0 Å². The lowest BCUT2D eigenvalue weighted by atomic mass is 10.3. The number of allylic oxidation sites excluding steroid dienone is 1. The van der Waals surface area contributed by atoms with Crippen LogP contribution in [0.15, 0.2) is 12.2 Å². The Balaban J connectivity index is 2.46. The lowest BCUT2D eigenvalue weighted by Gasteiger charge is -2.03. The Kier molecular flexibility index (Phi) is 4.38. The van der Waals surface area contributed by atoms with Gasteiger partial charge in [0.2, 0.25) is 0 Å². The van der Waals surface area contributed by atoms with Crippen molar-refractivity contribution >= 4 is 24.1 Å². The Morgan fingerprint density at radius 2 is 2.31 bits per heavy atom. The fraction of sp³-hybridized carbons (Fsp3) is 0.400. The van der Waals surface area contributed by atoms with Crippen LogP contribution in [-0.4, -0.2) is 41.8 Å². The molecule has 0 aromatic heterocycles. The van der Waals surface area contributed by atoms with E-state index in [1.165, 1.54) is 6.21 Å². The number of carbonyl (C=O) groups excluding carboxylic acids is 3. The van der Waals surface area contributed by atoms with E-state index in [1.54, 1.807) is 19.1 Å². The van der Waals surface area contributed by atoms with Gasteiger partial charge in [0.05, 0.1) is 13.0 Å². The van der Waals surface area contributed by atoms with E-state index >= 15 is 0 Å². The summed E-state index contributed by atoms with van der Waals surface area (Å²) < 4.78 is 5.55. The van der Waals surface area contributed by atoms with Gasteiger partial charge < -0.3 is 4.74 Å². The standard InChI is InChI=1S/C10H12N2O4/c1-2-16-9(14)7-11-10(15)12-6-4-3-5-8(12)13/h3-4,6H,2,5,7H2,1H3/p+1. The predicted octanol–water partition coefficient (Wildman–Crippen LogP) is -0.171. The predicted molar refractivity (Wildman–Crippen MR) is 55.1 cm³/mol. The van der Waals surface area contributed by atoms with E-state index in [2.05, 4.69) is 10.1 Å². The van der Waals surface area contributed by atoms with Crippen molar-refractivity contribution in [2.24, 2.45) is 0 Å². The lowest BCUT2D eigenvalue weighted by molar-refractivity contribution is -0.354. The summed E-state index contributed by atoms with van der Waals surface area (Å²) in [4.78, 5) is 33.7. The molecule has 0 aliphatic carbocycles. The van der Waals surface area contributed by atoms with Crippen molar-refractivity contribution in [2.45, 2.75) is 13.3 Å². The second kappa shape index (κ2) is 5.79. The molecular weight excluding hydrogens is 212 g/mol. The average Bonchev–Trinajstić information content (AvgIpc) is 2.27. The highest BCUT2D eigenvalue weighted by Crippen LogP contribution is 1.94. The second-order valence-corrected chi connectivity index (χ2v) is 3.01. The third kappa shape index (κ3) is 3.30. The van der Waals surface area contributed by atoms with E-state index < -0.39 is 12.0 Å². The zero-order chi connectivity index (χ0) is 12.0. The maximum absolute atomic E-state index is 11.4.